The first kappa shape index (κ1) is 17.8. The average Bonchev–Trinajstić information content (AvgIpc) is 2.96. The summed E-state index contributed by atoms with van der Waals surface area (Å²) in [6.07, 6.45) is 15.4. The lowest BCUT2D eigenvalue weighted by molar-refractivity contribution is -0.132. The number of amides is 1. The van der Waals surface area contributed by atoms with E-state index in [9.17, 15) is 4.79 Å². The Morgan fingerprint density at radius 1 is 1.15 bits per heavy atom. The molecule has 5 heteroatoms. The summed E-state index contributed by atoms with van der Waals surface area (Å²) in [5, 5.41) is 0. The second kappa shape index (κ2) is 8.38. The first-order valence-corrected chi connectivity index (χ1v) is 10.3. The van der Waals surface area contributed by atoms with Gasteiger partial charge in [0, 0.05) is 38.2 Å². The van der Waals surface area contributed by atoms with E-state index in [1.54, 1.807) is 0 Å². The number of hydrogen-bond acceptors (Lipinski definition) is 3. The van der Waals surface area contributed by atoms with Crippen molar-refractivity contribution in [2.24, 2.45) is 11.8 Å². The maximum absolute atomic E-state index is 12.9. The number of aromatic nitrogens is 2. The molecule has 0 saturated heterocycles. The lowest BCUT2D eigenvalue weighted by Crippen LogP contribution is -2.35. The van der Waals surface area contributed by atoms with Gasteiger partial charge in [-0.1, -0.05) is 18.1 Å². The van der Waals surface area contributed by atoms with E-state index >= 15 is 0 Å². The van der Waals surface area contributed by atoms with Crippen LogP contribution in [0.15, 0.2) is 24.2 Å². The molecule has 142 valence electrons. The van der Waals surface area contributed by atoms with Crippen molar-refractivity contribution in [2.45, 2.75) is 64.5 Å². The van der Waals surface area contributed by atoms with Gasteiger partial charge in [0.1, 0.15) is 0 Å². The molecule has 0 radical (unpaired) electrons. The van der Waals surface area contributed by atoms with Gasteiger partial charge in [-0.3, -0.25) is 4.79 Å². The zero-order valence-electron chi connectivity index (χ0n) is 15.7. The standard InChI is InChI=1S/C21H31N3O2/c25-21(9-17-5-2-1-3-6-17)23-11-19(15-26-14-18-7-4-8-18)12-24-16-22-10-20(24)13-23/h5,10,16,18-19H,1-4,6-9,11-15H2. The van der Waals surface area contributed by atoms with Crippen LogP contribution in [-0.4, -0.2) is 40.1 Å². The number of carbonyl (C=O) groups is 1. The molecule has 1 aromatic heterocycles. The summed E-state index contributed by atoms with van der Waals surface area (Å²) < 4.78 is 8.22. The molecular formula is C21H31N3O2. The minimum Gasteiger partial charge on any atom is -0.381 e. The Balaban J connectivity index is 1.38. The Bertz CT molecular complexity index is 647. The first-order valence-electron chi connectivity index (χ1n) is 10.3. The monoisotopic (exact) mass is 357 g/mol. The predicted octanol–water partition coefficient (Wildman–Crippen LogP) is 3.55. The normalized spacial score (nSPS) is 23.8. The Morgan fingerprint density at radius 2 is 2.04 bits per heavy atom. The molecule has 26 heavy (non-hydrogen) atoms. The highest BCUT2D eigenvalue weighted by Gasteiger charge is 2.26. The van der Waals surface area contributed by atoms with Crippen molar-refractivity contribution in [2.75, 3.05) is 19.8 Å². The van der Waals surface area contributed by atoms with Gasteiger partial charge in [-0.2, -0.15) is 0 Å². The number of nitrogens with zero attached hydrogens (tertiary/aromatic N) is 3. The van der Waals surface area contributed by atoms with E-state index < -0.39 is 0 Å². The highest BCUT2D eigenvalue weighted by Crippen LogP contribution is 2.27. The molecule has 0 N–H and O–H groups in total. The van der Waals surface area contributed by atoms with Crippen LogP contribution < -0.4 is 0 Å². The molecule has 5 nitrogen and oxygen atoms in total. The van der Waals surface area contributed by atoms with Crippen LogP contribution in [0.4, 0.5) is 0 Å². The van der Waals surface area contributed by atoms with Gasteiger partial charge >= 0.3 is 0 Å². The molecule has 1 amide bonds. The van der Waals surface area contributed by atoms with Crippen LogP contribution in [-0.2, 0) is 22.6 Å². The number of ether oxygens (including phenoxy) is 1. The smallest absolute Gasteiger partial charge is 0.227 e. The largest absolute Gasteiger partial charge is 0.381 e. The van der Waals surface area contributed by atoms with Gasteiger partial charge in [-0.15, -0.1) is 0 Å². The number of rotatable bonds is 6. The Hall–Kier alpha value is -1.62. The summed E-state index contributed by atoms with van der Waals surface area (Å²) >= 11 is 0. The van der Waals surface area contributed by atoms with E-state index in [1.165, 1.54) is 37.7 Å². The highest BCUT2D eigenvalue weighted by molar-refractivity contribution is 5.78. The molecule has 1 saturated carbocycles. The zero-order chi connectivity index (χ0) is 17.8. The van der Waals surface area contributed by atoms with Crippen molar-refractivity contribution in [3.63, 3.8) is 0 Å². The molecule has 1 unspecified atom stereocenters. The predicted molar refractivity (Wildman–Crippen MR) is 100 cm³/mol. The third-order valence-electron chi connectivity index (χ3n) is 6.13. The SMILES string of the molecule is O=C(CC1=CCCCC1)N1Cc2cncn2CC(COCC2CCC2)C1. The van der Waals surface area contributed by atoms with Crippen LogP contribution in [0, 0.1) is 11.8 Å². The van der Waals surface area contributed by atoms with Crippen LogP contribution >= 0.6 is 0 Å². The van der Waals surface area contributed by atoms with Crippen molar-refractivity contribution in [1.82, 2.24) is 14.5 Å². The minimum atomic E-state index is 0.261. The molecule has 1 aliphatic heterocycles. The third-order valence-corrected chi connectivity index (χ3v) is 6.13. The van der Waals surface area contributed by atoms with Gasteiger partial charge in [-0.05, 0) is 44.4 Å². The summed E-state index contributed by atoms with van der Waals surface area (Å²) in [5.74, 6) is 1.37. The molecule has 0 aromatic carbocycles. The molecule has 1 aromatic rings. The molecule has 1 fully saturated rings. The van der Waals surface area contributed by atoms with Crippen LogP contribution in [0.1, 0.15) is 57.1 Å². The molecule has 0 bridgehead atoms. The summed E-state index contributed by atoms with van der Waals surface area (Å²) in [7, 11) is 0. The van der Waals surface area contributed by atoms with Crippen molar-refractivity contribution in [3.8, 4) is 0 Å². The number of hydrogen-bond donors (Lipinski definition) is 0. The first-order chi connectivity index (χ1) is 12.8. The zero-order valence-corrected chi connectivity index (χ0v) is 15.7. The van der Waals surface area contributed by atoms with E-state index in [-0.39, 0.29) is 5.91 Å². The van der Waals surface area contributed by atoms with E-state index in [4.69, 9.17) is 4.74 Å². The molecule has 2 aliphatic carbocycles. The second-order valence-electron chi connectivity index (χ2n) is 8.30. The van der Waals surface area contributed by atoms with E-state index in [2.05, 4.69) is 15.6 Å². The van der Waals surface area contributed by atoms with Gasteiger partial charge in [0.15, 0.2) is 0 Å². The Kier molecular flexibility index (Phi) is 5.73. The summed E-state index contributed by atoms with van der Waals surface area (Å²) in [6, 6.07) is 0. The van der Waals surface area contributed by atoms with E-state index in [0.717, 1.165) is 50.8 Å². The van der Waals surface area contributed by atoms with Gasteiger partial charge in [-0.25, -0.2) is 4.98 Å². The van der Waals surface area contributed by atoms with Gasteiger partial charge < -0.3 is 14.2 Å². The second-order valence-corrected chi connectivity index (χ2v) is 8.30. The van der Waals surface area contributed by atoms with Crippen LogP contribution in [0.25, 0.3) is 0 Å². The van der Waals surface area contributed by atoms with Gasteiger partial charge in [0.05, 0.1) is 25.2 Å². The number of fused-ring (bicyclic) bond motifs is 1. The van der Waals surface area contributed by atoms with Crippen molar-refractivity contribution < 1.29 is 9.53 Å². The summed E-state index contributed by atoms with van der Waals surface area (Å²) in [4.78, 5) is 19.3. The maximum Gasteiger partial charge on any atom is 0.227 e. The van der Waals surface area contributed by atoms with Crippen LogP contribution in [0.5, 0.6) is 0 Å². The van der Waals surface area contributed by atoms with Crippen LogP contribution in [0.3, 0.4) is 0 Å². The fraction of sp³-hybridized carbons (Fsp3) is 0.714. The lowest BCUT2D eigenvalue weighted by atomic mass is 9.86. The van der Waals surface area contributed by atoms with Gasteiger partial charge in [0.2, 0.25) is 5.91 Å². The molecule has 1 atom stereocenters. The van der Waals surface area contributed by atoms with Gasteiger partial charge in [0.25, 0.3) is 0 Å². The van der Waals surface area contributed by atoms with Crippen molar-refractivity contribution >= 4 is 5.91 Å². The number of allylic oxidation sites excluding steroid dienone is 1. The minimum absolute atomic E-state index is 0.261. The van der Waals surface area contributed by atoms with Crippen molar-refractivity contribution in [3.05, 3.63) is 29.9 Å². The molecule has 0 spiro atoms. The van der Waals surface area contributed by atoms with E-state index in [0.29, 0.717) is 18.9 Å². The topological polar surface area (TPSA) is 47.4 Å². The molecule has 4 rings (SSSR count). The van der Waals surface area contributed by atoms with Crippen LogP contribution in [0.2, 0.25) is 0 Å². The number of carbonyl (C=O) groups excluding carboxylic acids is 1. The highest BCUT2D eigenvalue weighted by atomic mass is 16.5. The lowest BCUT2D eigenvalue weighted by Gasteiger charge is -2.28. The molecule has 2 heterocycles. The summed E-state index contributed by atoms with van der Waals surface area (Å²) in [6.45, 7) is 3.98. The quantitative estimate of drug-likeness (QED) is 0.732. The Morgan fingerprint density at radius 3 is 2.81 bits per heavy atom. The fourth-order valence-electron chi connectivity index (χ4n) is 4.28. The average molecular weight is 357 g/mol. The molecule has 3 aliphatic rings. The molecular weight excluding hydrogens is 326 g/mol. The number of imidazole rings is 1. The summed E-state index contributed by atoms with van der Waals surface area (Å²) in [5.41, 5.74) is 2.47. The third kappa shape index (κ3) is 4.37. The van der Waals surface area contributed by atoms with E-state index in [1.807, 2.05) is 17.4 Å². The fourth-order valence-corrected chi connectivity index (χ4v) is 4.28. The Labute approximate surface area is 156 Å². The van der Waals surface area contributed by atoms with Crippen molar-refractivity contribution in [1.29, 1.82) is 0 Å². The maximum atomic E-state index is 12.9.